The molecule has 4 fully saturated rings. The Morgan fingerprint density at radius 3 is 2.71 bits per heavy atom. The third-order valence-electron chi connectivity index (χ3n) is 10.1. The topological polar surface area (TPSA) is 68.3 Å². The molecule has 0 bridgehead atoms. The molecular formula is C30H39FN2O5. The summed E-state index contributed by atoms with van der Waals surface area (Å²) >= 11 is 0. The Labute approximate surface area is 224 Å². The number of allylic oxidation sites excluding steroid dienone is 1. The highest BCUT2D eigenvalue weighted by Gasteiger charge is 2.70. The second-order valence-corrected chi connectivity index (χ2v) is 11.9. The molecule has 8 heteroatoms. The first-order valence-electron chi connectivity index (χ1n) is 14.3. The monoisotopic (exact) mass is 526 g/mol. The number of hydrogen-bond donors (Lipinski definition) is 0. The number of fused-ring (bicyclic) bond motifs is 2. The van der Waals surface area contributed by atoms with Crippen LogP contribution in [0.15, 0.2) is 29.8 Å². The van der Waals surface area contributed by atoms with Crippen LogP contribution >= 0.6 is 0 Å². The van der Waals surface area contributed by atoms with Crippen LogP contribution in [0.3, 0.4) is 0 Å². The fraction of sp³-hybridized carbons (Fsp3) is 0.667. The molecule has 2 heterocycles. The van der Waals surface area contributed by atoms with Crippen molar-refractivity contribution in [2.24, 2.45) is 17.3 Å². The van der Waals surface area contributed by atoms with Gasteiger partial charge in [0.15, 0.2) is 0 Å². The number of halogens is 1. The van der Waals surface area contributed by atoms with Crippen LogP contribution in [0.25, 0.3) is 0 Å². The molecule has 1 amide bonds. The highest BCUT2D eigenvalue weighted by Crippen LogP contribution is 2.77. The zero-order valence-corrected chi connectivity index (χ0v) is 22.5. The quantitative estimate of drug-likeness (QED) is 0.288. The molecule has 0 radical (unpaired) electrons. The van der Waals surface area contributed by atoms with Crippen LogP contribution in [-0.2, 0) is 24.4 Å². The van der Waals surface area contributed by atoms with Gasteiger partial charge in [0.1, 0.15) is 12.4 Å². The van der Waals surface area contributed by atoms with Gasteiger partial charge >= 0.3 is 12.1 Å². The number of amides is 1. The van der Waals surface area contributed by atoms with E-state index >= 15 is 0 Å². The molecule has 7 nitrogen and oxygen atoms in total. The summed E-state index contributed by atoms with van der Waals surface area (Å²) < 4.78 is 30.2. The van der Waals surface area contributed by atoms with E-state index in [2.05, 4.69) is 4.90 Å². The Morgan fingerprint density at radius 1 is 1.13 bits per heavy atom. The molecule has 6 rings (SSSR count). The predicted octanol–water partition coefficient (Wildman–Crippen LogP) is 4.83. The van der Waals surface area contributed by atoms with E-state index in [0.717, 1.165) is 50.0 Å². The maximum Gasteiger partial charge on any atom is 0.414 e. The average molecular weight is 527 g/mol. The van der Waals surface area contributed by atoms with Crippen molar-refractivity contribution in [2.75, 3.05) is 51.5 Å². The van der Waals surface area contributed by atoms with Crippen molar-refractivity contribution < 1.29 is 28.2 Å². The van der Waals surface area contributed by atoms with E-state index in [1.165, 1.54) is 30.9 Å². The molecule has 3 saturated carbocycles. The number of ether oxygens (including phenoxy) is 3. The van der Waals surface area contributed by atoms with E-state index in [1.807, 2.05) is 13.0 Å². The number of hydrogen-bond acceptors (Lipinski definition) is 6. The number of esters is 1. The van der Waals surface area contributed by atoms with E-state index in [9.17, 15) is 14.0 Å². The van der Waals surface area contributed by atoms with Crippen LogP contribution in [0, 0.1) is 23.1 Å². The number of benzene rings is 1. The molecule has 0 aromatic heterocycles. The van der Waals surface area contributed by atoms with E-state index in [4.69, 9.17) is 14.2 Å². The van der Waals surface area contributed by atoms with Crippen molar-refractivity contribution in [3.8, 4) is 0 Å². The first-order chi connectivity index (χ1) is 18.4. The van der Waals surface area contributed by atoms with Crippen LogP contribution in [0.2, 0.25) is 0 Å². The van der Waals surface area contributed by atoms with Crippen molar-refractivity contribution in [3.05, 3.63) is 41.2 Å². The molecule has 5 aliphatic rings. The van der Waals surface area contributed by atoms with Crippen LogP contribution in [0.1, 0.15) is 57.4 Å². The van der Waals surface area contributed by atoms with Gasteiger partial charge in [0.2, 0.25) is 0 Å². The van der Waals surface area contributed by atoms with E-state index in [0.29, 0.717) is 37.6 Å². The summed E-state index contributed by atoms with van der Waals surface area (Å²) in [6, 6.07) is 5.28. The first-order valence-corrected chi connectivity index (χ1v) is 14.3. The Kier molecular flexibility index (Phi) is 6.75. The summed E-state index contributed by atoms with van der Waals surface area (Å²) in [7, 11) is 1.57. The molecule has 1 aromatic rings. The number of nitrogens with zero attached hydrogens (tertiary/aromatic N) is 2. The summed E-state index contributed by atoms with van der Waals surface area (Å²) in [4.78, 5) is 29.5. The SMILES string of the molecule is CCCOC(=O)/C=C1\C2CCC3CC(N4CCC5(CC4)CN(C(=O)OCCOC)c4ccc(F)cc45)CC132. The zero-order chi connectivity index (χ0) is 26.5. The largest absolute Gasteiger partial charge is 0.463 e. The number of piperidine rings is 1. The molecule has 1 aromatic carbocycles. The highest BCUT2D eigenvalue weighted by molar-refractivity contribution is 5.91. The lowest BCUT2D eigenvalue weighted by Gasteiger charge is -2.42. The van der Waals surface area contributed by atoms with Crippen LogP contribution in [0.4, 0.5) is 14.9 Å². The van der Waals surface area contributed by atoms with Crippen LogP contribution in [-0.4, -0.2) is 69.6 Å². The summed E-state index contributed by atoms with van der Waals surface area (Å²) in [5, 5.41) is 0. The number of rotatable bonds is 7. The number of carbonyl (C=O) groups excluding carboxylic acids is 2. The highest BCUT2D eigenvalue weighted by atomic mass is 19.1. The van der Waals surface area contributed by atoms with Gasteiger partial charge in [-0.3, -0.25) is 4.90 Å². The Hall–Kier alpha value is -2.45. The smallest absolute Gasteiger partial charge is 0.414 e. The second-order valence-electron chi connectivity index (χ2n) is 11.9. The first kappa shape index (κ1) is 25.8. The van der Waals surface area contributed by atoms with Gasteiger partial charge in [-0.1, -0.05) is 12.5 Å². The van der Waals surface area contributed by atoms with Gasteiger partial charge in [0, 0.05) is 36.6 Å². The average Bonchev–Trinajstić information content (AvgIpc) is 3.23. The number of methoxy groups -OCH3 is 1. The van der Waals surface area contributed by atoms with Gasteiger partial charge in [0.05, 0.1) is 18.9 Å². The van der Waals surface area contributed by atoms with Crippen molar-refractivity contribution in [1.29, 1.82) is 0 Å². The maximum absolute atomic E-state index is 14.4. The summed E-state index contributed by atoms with van der Waals surface area (Å²) in [6.07, 6.45) is 8.80. The van der Waals surface area contributed by atoms with E-state index in [1.54, 1.807) is 24.1 Å². The molecule has 4 atom stereocenters. The molecule has 0 N–H and O–H groups in total. The summed E-state index contributed by atoms with van der Waals surface area (Å²) in [5.41, 5.74) is 3.00. The van der Waals surface area contributed by atoms with Crippen molar-refractivity contribution >= 4 is 17.7 Å². The normalized spacial score (nSPS) is 31.8. The van der Waals surface area contributed by atoms with Gasteiger partial charge in [-0.15, -0.1) is 0 Å². The lowest BCUT2D eigenvalue weighted by atomic mass is 9.74. The Balaban J connectivity index is 1.13. The maximum atomic E-state index is 14.4. The van der Waals surface area contributed by atoms with Crippen LogP contribution < -0.4 is 4.90 Å². The van der Waals surface area contributed by atoms with E-state index in [-0.39, 0.29) is 29.2 Å². The Morgan fingerprint density at radius 2 is 1.95 bits per heavy atom. The molecule has 3 aliphatic carbocycles. The van der Waals surface area contributed by atoms with Gasteiger partial charge in [0.25, 0.3) is 0 Å². The molecule has 2 aliphatic heterocycles. The fourth-order valence-corrected chi connectivity index (χ4v) is 8.33. The molecule has 1 saturated heterocycles. The predicted molar refractivity (Wildman–Crippen MR) is 140 cm³/mol. The van der Waals surface area contributed by atoms with Gasteiger partial charge in [-0.25, -0.2) is 14.0 Å². The lowest BCUT2D eigenvalue weighted by Crippen LogP contribution is -2.48. The standard InChI is InChI=1S/C30H39FN2O5/c1-3-12-37-27(34)17-24-23-6-4-20-15-22(18-30(20,23)24)32-10-8-29(9-11-32)19-33(28(35)38-14-13-36-2)26-7-5-21(31)16-25(26)29/h5,7,16-17,20,22-23H,3-4,6,8-15,18-19H2,1-2H3/b24-17+. The number of carbonyl (C=O) groups is 2. The number of likely N-dealkylation sites (tertiary alicyclic amines) is 1. The van der Waals surface area contributed by atoms with E-state index < -0.39 is 6.09 Å². The molecule has 206 valence electrons. The summed E-state index contributed by atoms with van der Waals surface area (Å²) in [6.45, 7) is 5.42. The fourth-order valence-electron chi connectivity index (χ4n) is 8.33. The Bertz CT molecular complexity index is 1130. The minimum atomic E-state index is -0.395. The molecule has 2 spiro atoms. The zero-order valence-electron chi connectivity index (χ0n) is 22.5. The van der Waals surface area contributed by atoms with Crippen molar-refractivity contribution in [3.63, 3.8) is 0 Å². The van der Waals surface area contributed by atoms with Gasteiger partial charge in [-0.05, 0) is 93.6 Å². The van der Waals surface area contributed by atoms with Crippen molar-refractivity contribution in [1.82, 2.24) is 4.90 Å². The third-order valence-corrected chi connectivity index (χ3v) is 10.1. The van der Waals surface area contributed by atoms with Crippen molar-refractivity contribution in [2.45, 2.75) is 63.3 Å². The minimum absolute atomic E-state index is 0.176. The second kappa shape index (κ2) is 9.94. The third kappa shape index (κ3) is 4.15. The van der Waals surface area contributed by atoms with Crippen LogP contribution in [0.5, 0.6) is 0 Å². The molecular weight excluding hydrogens is 487 g/mol. The van der Waals surface area contributed by atoms with Gasteiger partial charge < -0.3 is 19.1 Å². The lowest BCUT2D eigenvalue weighted by molar-refractivity contribution is -0.137. The number of anilines is 1. The minimum Gasteiger partial charge on any atom is -0.463 e. The molecule has 38 heavy (non-hydrogen) atoms. The summed E-state index contributed by atoms with van der Waals surface area (Å²) in [5.74, 6) is 0.784. The van der Waals surface area contributed by atoms with Gasteiger partial charge in [-0.2, -0.15) is 0 Å². The molecule has 4 unspecified atom stereocenters.